The number of fused-ring (bicyclic) bond motifs is 7. The molecule has 1 saturated heterocycles. The number of imidazole rings is 1. The van der Waals surface area contributed by atoms with Gasteiger partial charge in [0.1, 0.15) is 5.82 Å². The summed E-state index contributed by atoms with van der Waals surface area (Å²) in [4.78, 5) is 40.3. The summed E-state index contributed by atoms with van der Waals surface area (Å²) in [7, 11) is 0. The Morgan fingerprint density at radius 1 is 1.00 bits per heavy atom. The first-order chi connectivity index (χ1) is 15.7. The SMILES string of the molecule is O=C1[C@@H]2[C@H](C(=O)N1c1ccc3nc(SCc4nc5ccccc5[nH]4)sc3c1)[C@H]1C=C[C@H]2C1. The zero-order valence-corrected chi connectivity index (χ0v) is 18.5. The van der Waals surface area contributed by atoms with Crippen LogP contribution in [-0.2, 0) is 15.3 Å². The van der Waals surface area contributed by atoms with Gasteiger partial charge in [-0.15, -0.1) is 11.3 Å². The zero-order valence-electron chi connectivity index (χ0n) is 16.9. The topological polar surface area (TPSA) is 79.0 Å². The molecule has 7 rings (SSSR count). The summed E-state index contributed by atoms with van der Waals surface area (Å²) >= 11 is 3.22. The lowest BCUT2D eigenvalue weighted by Crippen LogP contribution is -2.32. The molecule has 8 heteroatoms. The van der Waals surface area contributed by atoms with Gasteiger partial charge in [0.2, 0.25) is 11.8 Å². The van der Waals surface area contributed by atoms with E-state index in [9.17, 15) is 9.59 Å². The lowest BCUT2D eigenvalue weighted by molar-refractivity contribution is -0.123. The second-order valence-electron chi connectivity index (χ2n) is 8.63. The number of thioether (sulfide) groups is 1. The van der Waals surface area contributed by atoms with Gasteiger partial charge in [0.25, 0.3) is 0 Å². The Kier molecular flexibility index (Phi) is 3.93. The van der Waals surface area contributed by atoms with Gasteiger partial charge in [0.05, 0.1) is 44.5 Å². The summed E-state index contributed by atoms with van der Waals surface area (Å²) in [6.07, 6.45) is 5.19. The van der Waals surface area contributed by atoms with E-state index in [0.29, 0.717) is 11.4 Å². The Bertz CT molecular complexity index is 1390. The molecule has 3 heterocycles. The van der Waals surface area contributed by atoms with Crippen molar-refractivity contribution < 1.29 is 9.59 Å². The van der Waals surface area contributed by atoms with E-state index in [0.717, 1.165) is 37.8 Å². The fourth-order valence-electron chi connectivity index (χ4n) is 5.45. The first kappa shape index (κ1) is 18.6. The third-order valence-corrected chi connectivity index (χ3v) is 9.02. The van der Waals surface area contributed by atoms with Crippen molar-refractivity contribution in [1.29, 1.82) is 0 Å². The van der Waals surface area contributed by atoms with E-state index in [-0.39, 0.29) is 35.5 Å². The largest absolute Gasteiger partial charge is 0.341 e. The number of hydrogen-bond acceptors (Lipinski definition) is 6. The van der Waals surface area contributed by atoms with Gasteiger partial charge in [0, 0.05) is 0 Å². The van der Waals surface area contributed by atoms with E-state index >= 15 is 0 Å². The number of allylic oxidation sites excluding steroid dienone is 2. The number of anilines is 1. The van der Waals surface area contributed by atoms with Crippen LogP contribution in [0.2, 0.25) is 0 Å². The van der Waals surface area contributed by atoms with Crippen LogP contribution in [0, 0.1) is 23.7 Å². The van der Waals surface area contributed by atoms with Crippen LogP contribution >= 0.6 is 23.1 Å². The molecule has 2 amide bonds. The summed E-state index contributed by atoms with van der Waals surface area (Å²) in [6.45, 7) is 0. The van der Waals surface area contributed by atoms with Crippen LogP contribution in [0.4, 0.5) is 5.69 Å². The van der Waals surface area contributed by atoms with Gasteiger partial charge >= 0.3 is 0 Å². The van der Waals surface area contributed by atoms with Crippen LogP contribution in [0.15, 0.2) is 59.0 Å². The van der Waals surface area contributed by atoms with E-state index in [1.54, 1.807) is 23.1 Å². The molecule has 1 aliphatic heterocycles. The lowest BCUT2D eigenvalue weighted by Gasteiger charge is -2.17. The Morgan fingerprint density at radius 3 is 2.56 bits per heavy atom. The zero-order chi connectivity index (χ0) is 21.4. The van der Waals surface area contributed by atoms with Gasteiger partial charge in [-0.2, -0.15) is 0 Å². The maximum Gasteiger partial charge on any atom is 0.238 e. The summed E-state index contributed by atoms with van der Waals surface area (Å²) in [5.74, 6) is 1.62. The summed E-state index contributed by atoms with van der Waals surface area (Å²) in [6, 6.07) is 13.7. The number of nitrogens with one attached hydrogen (secondary N) is 1. The smallest absolute Gasteiger partial charge is 0.238 e. The fourth-order valence-corrected chi connectivity index (χ4v) is 7.43. The molecule has 6 nitrogen and oxygen atoms in total. The van der Waals surface area contributed by atoms with Crippen LogP contribution in [-0.4, -0.2) is 26.8 Å². The number of H-pyrrole nitrogens is 1. The number of aromatic amines is 1. The molecule has 3 aliphatic rings. The van der Waals surface area contributed by atoms with Gasteiger partial charge in [-0.25, -0.2) is 14.9 Å². The summed E-state index contributed by atoms with van der Waals surface area (Å²) in [5, 5.41) is 0. The van der Waals surface area contributed by atoms with Crippen molar-refractivity contribution in [3.05, 3.63) is 60.4 Å². The highest BCUT2D eigenvalue weighted by Crippen LogP contribution is 2.53. The minimum atomic E-state index is -0.176. The molecule has 0 radical (unpaired) electrons. The Balaban J connectivity index is 1.14. The number of para-hydroxylation sites is 2. The van der Waals surface area contributed by atoms with Crippen molar-refractivity contribution >= 4 is 61.9 Å². The number of rotatable bonds is 4. The lowest BCUT2D eigenvalue weighted by atomic mass is 9.85. The number of carbonyl (C=O) groups is 2. The quantitative estimate of drug-likeness (QED) is 0.271. The van der Waals surface area contributed by atoms with Crippen LogP contribution in [0.5, 0.6) is 0 Å². The first-order valence-electron chi connectivity index (χ1n) is 10.7. The van der Waals surface area contributed by atoms with Crippen molar-refractivity contribution in [2.24, 2.45) is 23.7 Å². The Hall–Kier alpha value is -2.97. The average molecular weight is 459 g/mol. The van der Waals surface area contributed by atoms with Gasteiger partial charge in [-0.1, -0.05) is 36.0 Å². The van der Waals surface area contributed by atoms with Gasteiger partial charge in [0.15, 0.2) is 4.34 Å². The van der Waals surface area contributed by atoms with Gasteiger partial charge in [-0.3, -0.25) is 9.59 Å². The second kappa shape index (κ2) is 6.76. The molecule has 2 aliphatic carbocycles. The molecular formula is C24H18N4O2S2. The molecule has 1 saturated carbocycles. The summed E-state index contributed by atoms with van der Waals surface area (Å²) < 4.78 is 1.92. The number of carbonyl (C=O) groups excluding carboxylic acids is 2. The van der Waals surface area contributed by atoms with E-state index in [2.05, 4.69) is 22.1 Å². The average Bonchev–Trinajstić information content (AvgIpc) is 3.60. The van der Waals surface area contributed by atoms with Crippen molar-refractivity contribution in [3.63, 3.8) is 0 Å². The Labute approximate surface area is 191 Å². The van der Waals surface area contributed by atoms with Crippen LogP contribution < -0.4 is 4.90 Å². The molecule has 0 spiro atoms. The predicted molar refractivity (Wildman–Crippen MR) is 125 cm³/mol. The molecule has 2 aromatic carbocycles. The number of amides is 2. The molecule has 0 unspecified atom stereocenters. The van der Waals surface area contributed by atoms with Gasteiger partial charge < -0.3 is 4.98 Å². The second-order valence-corrected chi connectivity index (χ2v) is 10.9. The van der Waals surface area contributed by atoms with E-state index in [1.165, 1.54) is 4.90 Å². The minimum Gasteiger partial charge on any atom is -0.341 e. The minimum absolute atomic E-state index is 0.0415. The molecule has 2 aromatic heterocycles. The number of thiazole rings is 1. The molecule has 1 N–H and O–H groups in total. The first-order valence-corrected chi connectivity index (χ1v) is 12.5. The van der Waals surface area contributed by atoms with E-state index in [4.69, 9.17) is 4.98 Å². The third-order valence-electron chi connectivity index (χ3n) is 6.85. The van der Waals surface area contributed by atoms with Gasteiger partial charge in [-0.05, 0) is 48.6 Å². The van der Waals surface area contributed by atoms with Crippen LogP contribution in [0.3, 0.4) is 0 Å². The highest BCUT2D eigenvalue weighted by atomic mass is 32.2. The molecule has 32 heavy (non-hydrogen) atoms. The van der Waals surface area contributed by atoms with E-state index < -0.39 is 0 Å². The number of nitrogens with zero attached hydrogens (tertiary/aromatic N) is 3. The third kappa shape index (κ3) is 2.66. The van der Waals surface area contributed by atoms with Crippen molar-refractivity contribution in [2.45, 2.75) is 16.5 Å². The standard InChI is InChI=1S/C24H18N4O2S2/c29-22-20-12-5-6-13(9-12)21(20)23(30)28(22)14-7-8-17-18(10-14)32-24(27-17)31-11-19-25-15-3-1-2-4-16(15)26-19/h1-8,10,12-13,20-21H,9,11H2,(H,25,26)/t12-,13-,20-,21+/m0/s1. The normalized spacial score (nSPS) is 26.2. The van der Waals surface area contributed by atoms with Crippen molar-refractivity contribution in [1.82, 2.24) is 15.0 Å². The highest BCUT2D eigenvalue weighted by molar-refractivity contribution is 8.00. The fraction of sp³-hybridized carbons (Fsp3) is 0.250. The predicted octanol–water partition coefficient (Wildman–Crippen LogP) is 4.78. The molecular weight excluding hydrogens is 440 g/mol. The van der Waals surface area contributed by atoms with Crippen molar-refractivity contribution in [3.8, 4) is 0 Å². The number of imide groups is 1. The van der Waals surface area contributed by atoms with E-state index in [1.807, 2.05) is 42.5 Å². The highest BCUT2D eigenvalue weighted by Gasteiger charge is 2.59. The maximum atomic E-state index is 13.1. The number of benzene rings is 2. The van der Waals surface area contributed by atoms with Crippen molar-refractivity contribution in [2.75, 3.05) is 4.90 Å². The van der Waals surface area contributed by atoms with Crippen LogP contribution in [0.1, 0.15) is 12.2 Å². The number of aromatic nitrogens is 3. The molecule has 4 atom stereocenters. The molecule has 158 valence electrons. The molecule has 2 bridgehead atoms. The van der Waals surface area contributed by atoms with Crippen LogP contribution in [0.25, 0.3) is 21.3 Å². The molecule has 2 fully saturated rings. The Morgan fingerprint density at radius 2 is 1.78 bits per heavy atom. The monoisotopic (exact) mass is 458 g/mol. The molecule has 4 aromatic rings. The summed E-state index contributed by atoms with van der Waals surface area (Å²) in [5.41, 5.74) is 3.54. The number of hydrogen-bond donors (Lipinski definition) is 1. The maximum absolute atomic E-state index is 13.1.